The average molecular weight is 1110 g/mol. The molecule has 3 N–H and O–H groups in total. The number of hydrogen-bond acceptors (Lipinski definition) is 17. The molecule has 2 amide bonds. The Balaban J connectivity index is 0.692. The van der Waals surface area contributed by atoms with E-state index in [0.29, 0.717) is 68.2 Å². The maximum Gasteiger partial charge on any atom is 0.291 e. The standard InChI is InChI=1S/C58H76FN15O5S/c1-37-31-73(34-51(75)74-35-58(8,9)52-48(74)24-42(27-61-52)23-41-11-13-43(59)14-12-41)45(30-60-37)33-71-20-21-72(32-38(71)2)56(76)55-62-28-44(29-63-55)70-18-16-69(17-19-70)15-10-22-79-49-26-47-46(25-50(49)80(77,78)57(5,6)7)54(65-36-64-47)66-53-39(3)40(4)67-68-53/h11-14,24-29,36-38,45,60H,10,15-23,30-35H2,1-9H3,(H2,64,65,66,67,68)/t37-,38?,45-/m1/s1. The van der Waals surface area contributed by atoms with E-state index in [1.54, 1.807) is 57.4 Å². The maximum atomic E-state index is 14.4. The first kappa shape index (κ1) is 56.6. The van der Waals surface area contributed by atoms with E-state index in [1.807, 2.05) is 29.8 Å². The molecule has 3 saturated heterocycles. The van der Waals surface area contributed by atoms with Gasteiger partial charge in [-0.05, 0) is 96.7 Å². The van der Waals surface area contributed by atoms with Crippen molar-refractivity contribution in [2.24, 2.45) is 0 Å². The number of sulfone groups is 1. The summed E-state index contributed by atoms with van der Waals surface area (Å²) >= 11 is 0. The highest BCUT2D eigenvalue weighted by Crippen LogP contribution is 2.41. The lowest BCUT2D eigenvalue weighted by Crippen LogP contribution is -2.63. The number of aromatic nitrogens is 7. The van der Waals surface area contributed by atoms with Gasteiger partial charge in [0.25, 0.3) is 5.91 Å². The lowest BCUT2D eigenvalue weighted by molar-refractivity contribution is -0.121. The number of rotatable bonds is 16. The number of aryl methyl sites for hydroxylation is 1. The lowest BCUT2D eigenvalue weighted by Gasteiger charge is -2.45. The van der Waals surface area contributed by atoms with Crippen molar-refractivity contribution >= 4 is 55.6 Å². The van der Waals surface area contributed by atoms with E-state index >= 15 is 0 Å². The van der Waals surface area contributed by atoms with Gasteiger partial charge in [0, 0.05) is 125 Å². The van der Waals surface area contributed by atoms with Crippen LogP contribution in [0.15, 0.2) is 72.3 Å². The number of anilines is 4. The number of nitrogens with zero attached hydrogens (tertiary/aromatic N) is 12. The van der Waals surface area contributed by atoms with E-state index in [9.17, 15) is 22.4 Å². The number of amides is 2. The van der Waals surface area contributed by atoms with Gasteiger partial charge in [0.2, 0.25) is 11.7 Å². The van der Waals surface area contributed by atoms with E-state index in [4.69, 9.17) is 9.72 Å². The zero-order valence-corrected chi connectivity index (χ0v) is 48.4. The third kappa shape index (κ3) is 12.1. The van der Waals surface area contributed by atoms with Crippen LogP contribution in [0.4, 0.5) is 27.4 Å². The number of nitrogens with one attached hydrogen (secondary N) is 3. The molecule has 22 heteroatoms. The average Bonchev–Trinajstić information content (AvgIpc) is 3.98. The molecule has 3 fully saturated rings. The molecule has 0 bridgehead atoms. The van der Waals surface area contributed by atoms with Crippen LogP contribution in [0.25, 0.3) is 10.9 Å². The molecule has 80 heavy (non-hydrogen) atoms. The van der Waals surface area contributed by atoms with Crippen molar-refractivity contribution < 1.29 is 27.1 Å². The highest BCUT2D eigenvalue weighted by molar-refractivity contribution is 7.92. The van der Waals surface area contributed by atoms with Crippen molar-refractivity contribution in [2.45, 2.75) is 108 Å². The number of halogens is 1. The molecule has 0 radical (unpaired) electrons. The predicted octanol–water partition coefficient (Wildman–Crippen LogP) is 5.92. The fraction of sp³-hybridized carbons (Fsp3) is 0.517. The van der Waals surface area contributed by atoms with Crippen LogP contribution in [-0.2, 0) is 26.5 Å². The first-order valence-electron chi connectivity index (χ1n) is 27.9. The fourth-order valence-corrected chi connectivity index (χ4v) is 12.6. The van der Waals surface area contributed by atoms with Gasteiger partial charge in [-0.15, -0.1) is 0 Å². The van der Waals surface area contributed by atoms with Gasteiger partial charge in [0.15, 0.2) is 9.84 Å². The molecule has 426 valence electrons. The largest absolute Gasteiger partial charge is 0.492 e. The number of ether oxygens (including phenoxy) is 1. The van der Waals surface area contributed by atoms with Crippen LogP contribution in [0.5, 0.6) is 5.75 Å². The Hall–Kier alpha value is -6.72. The van der Waals surface area contributed by atoms with Gasteiger partial charge in [-0.1, -0.05) is 26.0 Å². The minimum absolute atomic E-state index is 0.0513. The minimum atomic E-state index is -3.82. The highest BCUT2D eigenvalue weighted by atomic mass is 32.2. The summed E-state index contributed by atoms with van der Waals surface area (Å²) in [7, 11) is -3.82. The second-order valence-electron chi connectivity index (χ2n) is 23.7. The Bertz CT molecular complexity index is 3330. The summed E-state index contributed by atoms with van der Waals surface area (Å²) in [5.74, 6) is 1.17. The molecule has 4 aliphatic rings. The predicted molar refractivity (Wildman–Crippen MR) is 307 cm³/mol. The van der Waals surface area contributed by atoms with Gasteiger partial charge in [-0.2, -0.15) is 5.10 Å². The van der Waals surface area contributed by atoms with Gasteiger partial charge in [0.05, 0.1) is 58.6 Å². The van der Waals surface area contributed by atoms with Gasteiger partial charge in [0.1, 0.15) is 34.4 Å². The van der Waals surface area contributed by atoms with Crippen molar-refractivity contribution in [3.05, 3.63) is 107 Å². The second-order valence-corrected chi connectivity index (χ2v) is 26.4. The third-order valence-electron chi connectivity index (χ3n) is 16.3. The van der Waals surface area contributed by atoms with Crippen molar-refractivity contribution in [3.8, 4) is 5.75 Å². The van der Waals surface area contributed by atoms with Crippen LogP contribution >= 0.6 is 0 Å². The maximum absolute atomic E-state index is 14.4. The Labute approximate surface area is 468 Å². The van der Waals surface area contributed by atoms with Gasteiger partial charge in [-0.3, -0.25) is 34.4 Å². The lowest BCUT2D eigenvalue weighted by atomic mass is 9.91. The number of aromatic amines is 1. The molecule has 4 aliphatic heterocycles. The second kappa shape index (κ2) is 23.0. The number of hydrogen-bond donors (Lipinski definition) is 3. The number of carbonyl (C=O) groups is 2. The molecule has 10 rings (SSSR count). The van der Waals surface area contributed by atoms with Gasteiger partial charge in [-0.25, -0.2) is 32.7 Å². The van der Waals surface area contributed by atoms with E-state index in [2.05, 4.69) is 94.1 Å². The molecule has 0 spiro atoms. The van der Waals surface area contributed by atoms with Gasteiger partial charge < -0.3 is 30.1 Å². The summed E-state index contributed by atoms with van der Waals surface area (Å²) in [6.07, 6.45) is 8.09. The fourth-order valence-electron chi connectivity index (χ4n) is 11.3. The number of fused-ring (bicyclic) bond motifs is 2. The molecule has 1 unspecified atom stereocenters. The topological polar surface area (TPSA) is 214 Å². The van der Waals surface area contributed by atoms with Crippen LogP contribution in [0.2, 0.25) is 0 Å². The van der Waals surface area contributed by atoms with Crippen molar-refractivity contribution in [1.29, 1.82) is 0 Å². The van der Waals surface area contributed by atoms with Crippen molar-refractivity contribution in [2.75, 3.05) is 107 Å². The number of H-pyrrole nitrogens is 1. The highest BCUT2D eigenvalue weighted by Gasteiger charge is 2.42. The normalized spacial score (nSPS) is 20.3. The molecule has 2 aromatic carbocycles. The number of pyridine rings is 1. The molecule has 0 saturated carbocycles. The van der Waals surface area contributed by atoms with Crippen LogP contribution in [0.3, 0.4) is 0 Å². The zero-order valence-electron chi connectivity index (χ0n) is 47.6. The molecule has 0 aliphatic carbocycles. The molecule has 20 nitrogen and oxygen atoms in total. The summed E-state index contributed by atoms with van der Waals surface area (Å²) < 4.78 is 46.8. The minimum Gasteiger partial charge on any atom is -0.492 e. The molecule has 3 atom stereocenters. The molecule has 8 heterocycles. The molecular formula is C58H76FN15O5S. The molecule has 6 aromatic rings. The van der Waals surface area contributed by atoms with E-state index in [1.165, 1.54) is 18.5 Å². The monoisotopic (exact) mass is 1110 g/mol. The van der Waals surface area contributed by atoms with E-state index < -0.39 is 14.6 Å². The first-order valence-corrected chi connectivity index (χ1v) is 29.4. The third-order valence-corrected chi connectivity index (χ3v) is 18.8. The molecule has 4 aromatic heterocycles. The summed E-state index contributed by atoms with van der Waals surface area (Å²) in [5.41, 5.74) is 6.62. The van der Waals surface area contributed by atoms with Crippen LogP contribution in [0.1, 0.15) is 93.6 Å². The van der Waals surface area contributed by atoms with E-state index in [0.717, 1.165) is 91.8 Å². The smallest absolute Gasteiger partial charge is 0.291 e. The number of benzene rings is 2. The SMILES string of the molecule is Cc1n[nH]c(Nc2ncnc3cc(OCCCN4CCN(c5cnc(C(=O)N6CCN(C[C@H]7CN[C@H](C)CN7CC(=O)N7CC(C)(C)c8ncc(Cc9ccc(F)cc9)cc87)C(C)C6)nc5)CC4)c(S(=O)(=O)C(C)(C)C)cc23)c1C. The van der Waals surface area contributed by atoms with Crippen LogP contribution in [-0.4, -0.2) is 190 Å². The van der Waals surface area contributed by atoms with Gasteiger partial charge >= 0.3 is 0 Å². The summed E-state index contributed by atoms with van der Waals surface area (Å²) in [4.78, 5) is 64.3. The van der Waals surface area contributed by atoms with Crippen LogP contribution in [0, 0.1) is 19.7 Å². The number of carbonyl (C=O) groups excluding carboxylic acids is 2. The molecular weight excluding hydrogens is 1040 g/mol. The number of piperazine rings is 3. The first-order chi connectivity index (χ1) is 38.1. The summed E-state index contributed by atoms with van der Waals surface area (Å²) in [6.45, 7) is 26.5. The summed E-state index contributed by atoms with van der Waals surface area (Å²) in [5, 5.41) is 14.7. The zero-order chi connectivity index (χ0) is 56.7. The van der Waals surface area contributed by atoms with Crippen LogP contribution < -0.4 is 25.2 Å². The Morgan fingerprint density at radius 2 is 1.64 bits per heavy atom. The Kier molecular flexibility index (Phi) is 16.3. The summed E-state index contributed by atoms with van der Waals surface area (Å²) in [6, 6.07) is 12.3. The van der Waals surface area contributed by atoms with E-state index in [-0.39, 0.29) is 64.2 Å². The van der Waals surface area contributed by atoms with Crippen molar-refractivity contribution in [3.63, 3.8) is 0 Å². The quantitative estimate of drug-likeness (QED) is 0.0959. The van der Waals surface area contributed by atoms with Crippen molar-refractivity contribution in [1.82, 2.24) is 60.0 Å². The Morgan fingerprint density at radius 1 is 0.887 bits per heavy atom. The Morgan fingerprint density at radius 3 is 2.34 bits per heavy atom.